The number of hydrogen-bond donors (Lipinski definition) is 1. The van der Waals surface area contributed by atoms with Gasteiger partial charge in [0.2, 0.25) is 0 Å². The van der Waals surface area contributed by atoms with Crippen molar-refractivity contribution in [3.8, 4) is 0 Å². The van der Waals surface area contributed by atoms with Gasteiger partial charge in [0.15, 0.2) is 0 Å². The fourth-order valence-corrected chi connectivity index (χ4v) is 3.28. The molecule has 3 atom stereocenters. The third-order valence-corrected chi connectivity index (χ3v) is 4.39. The van der Waals surface area contributed by atoms with Crippen LogP contribution in [0.4, 0.5) is 0 Å². The highest BCUT2D eigenvalue weighted by Gasteiger charge is 2.24. The van der Waals surface area contributed by atoms with Crippen molar-refractivity contribution in [2.24, 2.45) is 0 Å². The van der Waals surface area contributed by atoms with Crippen LogP contribution in [0.15, 0.2) is 0 Å². The van der Waals surface area contributed by atoms with Crippen molar-refractivity contribution < 1.29 is 9.47 Å². The van der Waals surface area contributed by atoms with Crippen molar-refractivity contribution >= 4 is 0 Å². The number of rotatable bonds is 6. The molecule has 2 aliphatic rings. The lowest BCUT2D eigenvalue weighted by atomic mass is 9.95. The molecule has 2 rings (SSSR count). The first-order valence-electron chi connectivity index (χ1n) is 7.69. The van der Waals surface area contributed by atoms with Gasteiger partial charge in [-0.05, 0) is 45.4 Å². The smallest absolute Gasteiger partial charge is 0.0675 e. The summed E-state index contributed by atoms with van der Waals surface area (Å²) in [5.41, 5.74) is 0. The Labute approximate surface area is 112 Å². The number of nitrogens with one attached hydrogen (secondary N) is 1. The minimum absolute atomic E-state index is 0.325. The monoisotopic (exact) mass is 255 g/mol. The molecular formula is C15H29NO2. The lowest BCUT2D eigenvalue weighted by molar-refractivity contribution is -0.0585. The summed E-state index contributed by atoms with van der Waals surface area (Å²) in [6, 6.07) is 0.745. The molecule has 0 saturated heterocycles. The summed E-state index contributed by atoms with van der Waals surface area (Å²) < 4.78 is 11.6. The third kappa shape index (κ3) is 4.52. The summed E-state index contributed by atoms with van der Waals surface area (Å²) in [5.74, 6) is 0. The molecule has 2 fully saturated rings. The molecule has 0 amide bonds. The van der Waals surface area contributed by atoms with Gasteiger partial charge in [0.1, 0.15) is 0 Å². The Balaban J connectivity index is 1.61. The Morgan fingerprint density at radius 1 is 1.06 bits per heavy atom. The molecule has 106 valence electrons. The molecule has 0 aromatic carbocycles. The van der Waals surface area contributed by atoms with E-state index in [4.69, 9.17) is 9.47 Å². The molecular weight excluding hydrogens is 226 g/mol. The topological polar surface area (TPSA) is 30.5 Å². The second-order valence-corrected chi connectivity index (χ2v) is 5.98. The van der Waals surface area contributed by atoms with E-state index in [1.54, 1.807) is 0 Å². The standard InChI is InChI=1S/C15H29NO2/c1-12(11-16-13-6-3-4-7-13)18-15-9-5-8-14(10-15)17-2/h12-16H,3-11H2,1-2H3. The van der Waals surface area contributed by atoms with Crippen LogP contribution in [0.2, 0.25) is 0 Å². The molecule has 3 unspecified atom stereocenters. The van der Waals surface area contributed by atoms with E-state index >= 15 is 0 Å². The molecule has 2 aliphatic carbocycles. The van der Waals surface area contributed by atoms with Crippen LogP contribution >= 0.6 is 0 Å². The summed E-state index contributed by atoms with van der Waals surface area (Å²) in [6.45, 7) is 3.19. The molecule has 0 radical (unpaired) electrons. The van der Waals surface area contributed by atoms with E-state index in [-0.39, 0.29) is 0 Å². The Morgan fingerprint density at radius 2 is 1.78 bits per heavy atom. The van der Waals surface area contributed by atoms with Crippen LogP contribution in [0.5, 0.6) is 0 Å². The van der Waals surface area contributed by atoms with Gasteiger partial charge in [0.25, 0.3) is 0 Å². The predicted molar refractivity (Wildman–Crippen MR) is 73.9 cm³/mol. The van der Waals surface area contributed by atoms with E-state index in [0.29, 0.717) is 18.3 Å². The van der Waals surface area contributed by atoms with E-state index in [2.05, 4.69) is 12.2 Å². The van der Waals surface area contributed by atoms with Crippen LogP contribution in [0.25, 0.3) is 0 Å². The van der Waals surface area contributed by atoms with Crippen molar-refractivity contribution in [1.82, 2.24) is 5.32 Å². The second kappa shape index (κ2) is 7.46. The molecule has 0 bridgehead atoms. The quantitative estimate of drug-likeness (QED) is 0.791. The minimum Gasteiger partial charge on any atom is -0.381 e. The van der Waals surface area contributed by atoms with Gasteiger partial charge in [-0.25, -0.2) is 0 Å². The van der Waals surface area contributed by atoms with Crippen molar-refractivity contribution in [1.29, 1.82) is 0 Å². The van der Waals surface area contributed by atoms with Crippen LogP contribution in [-0.2, 0) is 9.47 Å². The summed E-state index contributed by atoms with van der Waals surface area (Å²) >= 11 is 0. The van der Waals surface area contributed by atoms with Gasteiger partial charge >= 0.3 is 0 Å². The van der Waals surface area contributed by atoms with Crippen LogP contribution in [0.1, 0.15) is 58.3 Å². The van der Waals surface area contributed by atoms with Crippen LogP contribution in [0, 0.1) is 0 Å². The highest BCUT2D eigenvalue weighted by Crippen LogP contribution is 2.24. The molecule has 0 heterocycles. The third-order valence-electron chi connectivity index (χ3n) is 4.39. The van der Waals surface area contributed by atoms with E-state index < -0.39 is 0 Å². The number of hydrogen-bond acceptors (Lipinski definition) is 3. The average molecular weight is 255 g/mol. The van der Waals surface area contributed by atoms with Crippen LogP contribution in [-0.4, -0.2) is 38.0 Å². The Bertz CT molecular complexity index is 229. The first-order valence-corrected chi connectivity index (χ1v) is 7.69. The van der Waals surface area contributed by atoms with Gasteiger partial charge in [-0.1, -0.05) is 12.8 Å². The first-order chi connectivity index (χ1) is 8.78. The van der Waals surface area contributed by atoms with Gasteiger partial charge in [-0.15, -0.1) is 0 Å². The summed E-state index contributed by atoms with van der Waals surface area (Å²) in [5, 5.41) is 3.64. The van der Waals surface area contributed by atoms with Gasteiger partial charge in [-0.2, -0.15) is 0 Å². The molecule has 3 nitrogen and oxygen atoms in total. The maximum absolute atomic E-state index is 6.14. The normalized spacial score (nSPS) is 31.7. The second-order valence-electron chi connectivity index (χ2n) is 5.98. The van der Waals surface area contributed by atoms with Crippen molar-refractivity contribution in [2.45, 2.75) is 82.6 Å². The molecule has 3 heteroatoms. The summed E-state index contributed by atoms with van der Waals surface area (Å²) in [6.07, 6.45) is 11.4. The lowest BCUT2D eigenvalue weighted by Gasteiger charge is -2.30. The van der Waals surface area contributed by atoms with Crippen molar-refractivity contribution in [3.05, 3.63) is 0 Å². The number of methoxy groups -OCH3 is 1. The molecule has 0 spiro atoms. The highest BCUT2D eigenvalue weighted by molar-refractivity contribution is 4.77. The van der Waals surface area contributed by atoms with Gasteiger partial charge in [0, 0.05) is 19.7 Å². The predicted octanol–water partition coefficient (Wildman–Crippen LogP) is 2.88. The molecule has 0 aromatic rings. The molecule has 2 saturated carbocycles. The van der Waals surface area contributed by atoms with E-state index in [1.807, 2.05) is 7.11 Å². The highest BCUT2D eigenvalue weighted by atomic mass is 16.5. The zero-order valence-corrected chi connectivity index (χ0v) is 12.0. The minimum atomic E-state index is 0.325. The SMILES string of the molecule is COC1CCCC(OC(C)CNC2CCCC2)C1. The van der Waals surface area contributed by atoms with Gasteiger partial charge in [0.05, 0.1) is 18.3 Å². The zero-order chi connectivity index (χ0) is 12.8. The van der Waals surface area contributed by atoms with E-state index in [1.165, 1.54) is 44.9 Å². The van der Waals surface area contributed by atoms with Crippen LogP contribution < -0.4 is 5.32 Å². The molecule has 0 aliphatic heterocycles. The Morgan fingerprint density at radius 3 is 2.50 bits per heavy atom. The van der Waals surface area contributed by atoms with Crippen molar-refractivity contribution in [3.63, 3.8) is 0 Å². The Kier molecular flexibility index (Phi) is 5.93. The fourth-order valence-electron chi connectivity index (χ4n) is 3.28. The average Bonchev–Trinajstić information content (AvgIpc) is 2.90. The maximum Gasteiger partial charge on any atom is 0.0675 e. The lowest BCUT2D eigenvalue weighted by Crippen LogP contribution is -2.37. The van der Waals surface area contributed by atoms with E-state index in [0.717, 1.165) is 19.0 Å². The largest absolute Gasteiger partial charge is 0.381 e. The summed E-state index contributed by atoms with van der Waals surface area (Å²) in [7, 11) is 1.82. The molecule has 0 aromatic heterocycles. The number of ether oxygens (including phenoxy) is 2. The van der Waals surface area contributed by atoms with Crippen LogP contribution in [0.3, 0.4) is 0 Å². The van der Waals surface area contributed by atoms with E-state index in [9.17, 15) is 0 Å². The molecule has 18 heavy (non-hydrogen) atoms. The maximum atomic E-state index is 6.14. The van der Waals surface area contributed by atoms with Gasteiger partial charge < -0.3 is 14.8 Å². The fraction of sp³-hybridized carbons (Fsp3) is 1.00. The zero-order valence-electron chi connectivity index (χ0n) is 12.0. The first kappa shape index (κ1) is 14.3. The summed E-state index contributed by atoms with van der Waals surface area (Å²) in [4.78, 5) is 0. The molecule has 1 N–H and O–H groups in total. The Hall–Kier alpha value is -0.120. The van der Waals surface area contributed by atoms with Crippen molar-refractivity contribution in [2.75, 3.05) is 13.7 Å². The van der Waals surface area contributed by atoms with Gasteiger partial charge in [-0.3, -0.25) is 0 Å².